The van der Waals surface area contributed by atoms with E-state index in [-0.39, 0.29) is 12.1 Å². The second-order valence-corrected chi connectivity index (χ2v) is 5.34. The lowest BCUT2D eigenvalue weighted by molar-refractivity contribution is 0.118. The third kappa shape index (κ3) is 2.66. The molecule has 2 aromatic heterocycles. The third-order valence-electron chi connectivity index (χ3n) is 4.10. The molecule has 1 aliphatic heterocycles. The number of nitrogens with one attached hydrogen (secondary N) is 1. The molecule has 8 heteroatoms. The largest absolute Gasteiger partial charge is 0.380 e. The van der Waals surface area contributed by atoms with E-state index in [1.165, 1.54) is 6.33 Å². The van der Waals surface area contributed by atoms with Gasteiger partial charge in [0.1, 0.15) is 12.2 Å². The van der Waals surface area contributed by atoms with Gasteiger partial charge in [-0.3, -0.25) is 5.10 Å². The minimum atomic E-state index is 0.0337. The Bertz CT molecular complexity index is 616. The predicted octanol–water partition coefficient (Wildman–Crippen LogP) is 1.08. The first-order chi connectivity index (χ1) is 10.8. The second-order valence-electron chi connectivity index (χ2n) is 5.34. The number of H-pyrrole nitrogens is 1. The lowest BCUT2D eigenvalue weighted by atomic mass is 10.2. The van der Waals surface area contributed by atoms with E-state index in [4.69, 9.17) is 9.72 Å². The number of hydrogen-bond acceptors (Lipinski definition) is 7. The number of nitrogens with zero attached hydrogens (tertiary/aromatic N) is 6. The molecule has 1 aliphatic rings. The number of aromatic nitrogens is 6. The van der Waals surface area contributed by atoms with Gasteiger partial charge in [0, 0.05) is 20.1 Å². The van der Waals surface area contributed by atoms with Gasteiger partial charge in [-0.15, -0.1) is 5.10 Å². The van der Waals surface area contributed by atoms with E-state index in [1.54, 1.807) is 7.11 Å². The van der Waals surface area contributed by atoms with Crippen LogP contribution in [0.1, 0.15) is 43.5 Å². The first kappa shape index (κ1) is 14.8. The topological polar surface area (TPSA) is 92.7 Å². The molecular weight excluding hydrogens is 282 g/mol. The van der Waals surface area contributed by atoms with Crippen LogP contribution in [0.4, 0.5) is 5.95 Å². The average molecular weight is 303 g/mol. The SMILES string of the molecule is CCc1nnc(N2C[C@H](OC)C[C@H]2c2ncn[nH]2)nc1CC. The van der Waals surface area contributed by atoms with Crippen molar-refractivity contribution in [2.75, 3.05) is 18.6 Å². The molecule has 2 aromatic rings. The van der Waals surface area contributed by atoms with E-state index >= 15 is 0 Å². The Hall–Kier alpha value is -2.09. The molecule has 1 N–H and O–H groups in total. The van der Waals surface area contributed by atoms with Crippen molar-refractivity contribution in [2.24, 2.45) is 0 Å². The van der Waals surface area contributed by atoms with Gasteiger partial charge in [0.05, 0.1) is 23.5 Å². The molecule has 0 unspecified atom stereocenters. The number of ether oxygens (including phenoxy) is 1. The summed E-state index contributed by atoms with van der Waals surface area (Å²) in [5.74, 6) is 1.44. The van der Waals surface area contributed by atoms with Crippen LogP contribution >= 0.6 is 0 Å². The maximum atomic E-state index is 5.51. The highest BCUT2D eigenvalue weighted by Gasteiger charge is 2.37. The van der Waals surface area contributed by atoms with Crippen molar-refractivity contribution in [3.05, 3.63) is 23.5 Å². The summed E-state index contributed by atoms with van der Waals surface area (Å²) in [5.41, 5.74) is 1.97. The lowest BCUT2D eigenvalue weighted by Gasteiger charge is -2.22. The highest BCUT2D eigenvalue weighted by Crippen LogP contribution is 2.33. The van der Waals surface area contributed by atoms with E-state index < -0.39 is 0 Å². The molecule has 2 atom stereocenters. The van der Waals surface area contributed by atoms with Gasteiger partial charge in [-0.05, 0) is 12.8 Å². The number of methoxy groups -OCH3 is 1. The molecule has 0 saturated carbocycles. The van der Waals surface area contributed by atoms with Crippen molar-refractivity contribution >= 4 is 5.95 Å². The van der Waals surface area contributed by atoms with Crippen molar-refractivity contribution in [3.8, 4) is 0 Å². The zero-order valence-corrected chi connectivity index (χ0v) is 13.2. The fourth-order valence-corrected chi connectivity index (χ4v) is 2.87. The van der Waals surface area contributed by atoms with Gasteiger partial charge in [0.15, 0.2) is 0 Å². The summed E-state index contributed by atoms with van der Waals surface area (Å²) in [6.45, 7) is 4.87. The van der Waals surface area contributed by atoms with Crippen molar-refractivity contribution in [3.63, 3.8) is 0 Å². The number of hydrogen-bond donors (Lipinski definition) is 1. The Kier molecular flexibility index (Phi) is 4.28. The molecule has 3 rings (SSSR count). The van der Waals surface area contributed by atoms with Crippen molar-refractivity contribution < 1.29 is 4.74 Å². The van der Waals surface area contributed by atoms with E-state index in [0.717, 1.165) is 43.0 Å². The van der Waals surface area contributed by atoms with Gasteiger partial charge in [-0.25, -0.2) is 9.97 Å². The molecule has 0 bridgehead atoms. The predicted molar refractivity (Wildman–Crippen MR) is 80.5 cm³/mol. The van der Waals surface area contributed by atoms with Crippen LogP contribution < -0.4 is 4.90 Å². The van der Waals surface area contributed by atoms with Gasteiger partial charge in [-0.2, -0.15) is 10.2 Å². The summed E-state index contributed by atoms with van der Waals surface area (Å²) in [5, 5.41) is 15.5. The lowest BCUT2D eigenvalue weighted by Crippen LogP contribution is -2.28. The molecule has 0 aliphatic carbocycles. The molecule has 8 nitrogen and oxygen atoms in total. The molecule has 1 saturated heterocycles. The molecule has 0 amide bonds. The fourth-order valence-electron chi connectivity index (χ4n) is 2.87. The van der Waals surface area contributed by atoms with Crippen molar-refractivity contribution in [1.82, 2.24) is 30.4 Å². The van der Waals surface area contributed by atoms with Gasteiger partial charge in [-0.1, -0.05) is 13.8 Å². The van der Waals surface area contributed by atoms with Crippen LogP contribution in [-0.4, -0.2) is 50.1 Å². The zero-order chi connectivity index (χ0) is 15.5. The van der Waals surface area contributed by atoms with Gasteiger partial charge in [0.2, 0.25) is 5.95 Å². The Morgan fingerprint density at radius 2 is 2.09 bits per heavy atom. The fraction of sp³-hybridized carbons (Fsp3) is 0.643. The number of aryl methyl sites for hydroxylation is 2. The standard InChI is InChI=1S/C14H21N7O/c1-4-10-11(5-2)18-20-14(17-10)21-7-9(22-3)6-12(21)13-15-8-16-19-13/h8-9,12H,4-7H2,1-3H3,(H,15,16,19)/t9-,12+/m1/s1. The third-order valence-corrected chi connectivity index (χ3v) is 4.10. The molecular formula is C14H21N7O. The van der Waals surface area contributed by atoms with Crippen LogP contribution in [0.5, 0.6) is 0 Å². The minimum absolute atomic E-state index is 0.0337. The quantitative estimate of drug-likeness (QED) is 0.883. The van der Waals surface area contributed by atoms with E-state index in [2.05, 4.69) is 44.1 Å². The van der Waals surface area contributed by atoms with Gasteiger partial charge >= 0.3 is 0 Å². The normalized spacial score (nSPS) is 21.5. The molecule has 0 aromatic carbocycles. The van der Waals surface area contributed by atoms with Crippen LogP contribution in [-0.2, 0) is 17.6 Å². The highest BCUT2D eigenvalue weighted by molar-refractivity contribution is 5.36. The summed E-state index contributed by atoms with van der Waals surface area (Å²) < 4.78 is 5.51. The molecule has 1 fully saturated rings. The number of rotatable bonds is 5. The number of anilines is 1. The Balaban J connectivity index is 1.94. The summed E-state index contributed by atoms with van der Waals surface area (Å²) in [6, 6.07) is 0.0337. The average Bonchev–Trinajstić information content (AvgIpc) is 3.22. The first-order valence-corrected chi connectivity index (χ1v) is 7.63. The zero-order valence-electron chi connectivity index (χ0n) is 13.2. The summed E-state index contributed by atoms with van der Waals surface area (Å²) in [6.07, 6.45) is 4.15. The molecule has 22 heavy (non-hydrogen) atoms. The second kappa shape index (κ2) is 6.35. The first-order valence-electron chi connectivity index (χ1n) is 7.63. The summed E-state index contributed by atoms with van der Waals surface area (Å²) in [4.78, 5) is 11.1. The van der Waals surface area contributed by atoms with E-state index in [0.29, 0.717) is 5.95 Å². The number of aromatic amines is 1. The van der Waals surface area contributed by atoms with Crippen LogP contribution in [0.2, 0.25) is 0 Å². The smallest absolute Gasteiger partial charge is 0.246 e. The summed E-state index contributed by atoms with van der Waals surface area (Å²) >= 11 is 0. The van der Waals surface area contributed by atoms with Gasteiger partial charge in [0.25, 0.3) is 0 Å². The molecule has 3 heterocycles. The Morgan fingerprint density at radius 3 is 2.73 bits per heavy atom. The maximum absolute atomic E-state index is 5.51. The highest BCUT2D eigenvalue weighted by atomic mass is 16.5. The van der Waals surface area contributed by atoms with Crippen LogP contribution in [0.15, 0.2) is 6.33 Å². The molecule has 0 spiro atoms. The van der Waals surface area contributed by atoms with Gasteiger partial charge < -0.3 is 9.64 Å². The monoisotopic (exact) mass is 303 g/mol. The van der Waals surface area contributed by atoms with Crippen LogP contribution in [0.3, 0.4) is 0 Å². The van der Waals surface area contributed by atoms with Crippen molar-refractivity contribution in [1.29, 1.82) is 0 Å². The van der Waals surface area contributed by atoms with Crippen LogP contribution in [0.25, 0.3) is 0 Å². The summed E-state index contributed by atoms with van der Waals surface area (Å²) in [7, 11) is 1.72. The Morgan fingerprint density at radius 1 is 1.27 bits per heavy atom. The molecule has 0 radical (unpaired) electrons. The Labute approximate surface area is 129 Å². The minimum Gasteiger partial charge on any atom is -0.380 e. The van der Waals surface area contributed by atoms with Crippen LogP contribution in [0, 0.1) is 0 Å². The van der Waals surface area contributed by atoms with Crippen molar-refractivity contribution in [2.45, 2.75) is 45.3 Å². The van der Waals surface area contributed by atoms with E-state index in [9.17, 15) is 0 Å². The van der Waals surface area contributed by atoms with E-state index in [1.807, 2.05) is 0 Å². The molecule has 118 valence electrons. The maximum Gasteiger partial charge on any atom is 0.246 e.